The smallest absolute Gasteiger partial charge is 0.253 e. The van der Waals surface area contributed by atoms with Gasteiger partial charge in [-0.1, -0.05) is 0 Å². The molecule has 0 aliphatic heterocycles. The summed E-state index contributed by atoms with van der Waals surface area (Å²) in [6, 6.07) is 8.47. The summed E-state index contributed by atoms with van der Waals surface area (Å²) in [5.41, 5.74) is 1.11. The van der Waals surface area contributed by atoms with Gasteiger partial charge in [0.25, 0.3) is 5.91 Å². The Morgan fingerprint density at radius 3 is 2.12 bits per heavy atom. The van der Waals surface area contributed by atoms with Crippen LogP contribution in [0.1, 0.15) is 10.4 Å². The van der Waals surface area contributed by atoms with Gasteiger partial charge < -0.3 is 20.3 Å². The predicted octanol–water partition coefficient (Wildman–Crippen LogP) is 2.73. The summed E-state index contributed by atoms with van der Waals surface area (Å²) in [4.78, 5) is 25.2. The third-order valence-corrected chi connectivity index (χ3v) is 3.48. The Hall–Kier alpha value is -3.16. The number of methoxy groups -OCH3 is 1. The van der Waals surface area contributed by atoms with E-state index in [0.29, 0.717) is 11.3 Å². The van der Waals surface area contributed by atoms with Gasteiger partial charge in [-0.25, -0.2) is 8.78 Å². The highest BCUT2D eigenvalue weighted by molar-refractivity contribution is 5.96. The fourth-order valence-corrected chi connectivity index (χ4v) is 2.20. The number of hydrogen-bond donors (Lipinski definition) is 2. The molecule has 0 saturated carbocycles. The van der Waals surface area contributed by atoms with Gasteiger partial charge in [0.15, 0.2) is 17.4 Å². The summed E-state index contributed by atoms with van der Waals surface area (Å²) in [5.74, 6) is -2.76. The van der Waals surface area contributed by atoms with Crippen molar-refractivity contribution in [3.63, 3.8) is 0 Å². The first kappa shape index (κ1) is 19.2. The zero-order valence-electron chi connectivity index (χ0n) is 14.6. The van der Waals surface area contributed by atoms with Crippen molar-refractivity contribution in [3.05, 3.63) is 53.6 Å². The molecule has 2 aromatic rings. The number of benzene rings is 2. The highest BCUT2D eigenvalue weighted by Gasteiger charge is 2.12. The van der Waals surface area contributed by atoms with Crippen molar-refractivity contribution in [2.75, 3.05) is 38.4 Å². The molecule has 0 bridgehead atoms. The number of ether oxygens (including phenoxy) is 1. The lowest BCUT2D eigenvalue weighted by atomic mass is 10.2. The number of hydrogen-bond acceptors (Lipinski definition) is 4. The molecule has 26 heavy (non-hydrogen) atoms. The number of carbonyl (C=O) groups is 2. The lowest BCUT2D eigenvalue weighted by Crippen LogP contribution is -2.23. The van der Waals surface area contributed by atoms with Crippen LogP contribution in [0.4, 0.5) is 20.2 Å². The van der Waals surface area contributed by atoms with Gasteiger partial charge in [0.1, 0.15) is 0 Å². The second-order valence-corrected chi connectivity index (χ2v) is 5.65. The molecule has 2 aromatic carbocycles. The van der Waals surface area contributed by atoms with E-state index < -0.39 is 23.3 Å². The average Bonchev–Trinajstić information content (AvgIpc) is 2.59. The minimum atomic E-state index is -0.864. The minimum Gasteiger partial charge on any atom is -0.491 e. The molecule has 2 amide bonds. The number of nitrogens with zero attached hydrogens (tertiary/aromatic N) is 1. The van der Waals surface area contributed by atoms with E-state index in [-0.39, 0.29) is 18.1 Å². The van der Waals surface area contributed by atoms with Gasteiger partial charge in [0, 0.05) is 43.2 Å². The summed E-state index contributed by atoms with van der Waals surface area (Å²) in [5, 5.41) is 5.25. The summed E-state index contributed by atoms with van der Waals surface area (Å²) >= 11 is 0. The van der Waals surface area contributed by atoms with E-state index in [1.165, 1.54) is 12.0 Å². The minimum absolute atomic E-state index is 0.114. The molecule has 2 N–H and O–H groups in total. The van der Waals surface area contributed by atoms with Gasteiger partial charge in [-0.2, -0.15) is 0 Å². The van der Waals surface area contributed by atoms with Crippen molar-refractivity contribution >= 4 is 23.2 Å². The number of nitrogens with one attached hydrogen (secondary N) is 2. The SMILES string of the molecule is COc1c(F)cc(NCC(=O)Nc2ccc(C(=O)N(C)C)cc2)cc1F. The van der Waals surface area contributed by atoms with E-state index in [2.05, 4.69) is 15.4 Å². The van der Waals surface area contributed by atoms with Gasteiger partial charge in [0.05, 0.1) is 13.7 Å². The highest BCUT2D eigenvalue weighted by atomic mass is 19.1. The van der Waals surface area contributed by atoms with Crippen LogP contribution in [0.15, 0.2) is 36.4 Å². The first-order valence-corrected chi connectivity index (χ1v) is 7.70. The van der Waals surface area contributed by atoms with E-state index in [0.717, 1.165) is 12.1 Å². The van der Waals surface area contributed by atoms with Crippen LogP contribution in [0.2, 0.25) is 0 Å². The number of anilines is 2. The first-order valence-electron chi connectivity index (χ1n) is 7.70. The third-order valence-electron chi connectivity index (χ3n) is 3.48. The number of rotatable bonds is 6. The summed E-state index contributed by atoms with van der Waals surface area (Å²) in [6.45, 7) is -0.191. The van der Waals surface area contributed by atoms with Crippen LogP contribution in [-0.2, 0) is 4.79 Å². The quantitative estimate of drug-likeness (QED) is 0.828. The fourth-order valence-electron chi connectivity index (χ4n) is 2.20. The van der Waals surface area contributed by atoms with Crippen molar-refractivity contribution in [3.8, 4) is 5.75 Å². The molecule has 0 heterocycles. The molecule has 0 saturated heterocycles. The number of amides is 2. The Bertz CT molecular complexity index is 785. The van der Waals surface area contributed by atoms with Crippen LogP contribution in [0.3, 0.4) is 0 Å². The van der Waals surface area contributed by atoms with Crippen LogP contribution in [0.5, 0.6) is 5.75 Å². The second kappa shape index (κ2) is 8.28. The number of halogens is 2. The van der Waals surface area contributed by atoms with Crippen molar-refractivity contribution in [2.45, 2.75) is 0 Å². The van der Waals surface area contributed by atoms with Crippen LogP contribution >= 0.6 is 0 Å². The Morgan fingerprint density at radius 2 is 1.62 bits per heavy atom. The van der Waals surface area contributed by atoms with E-state index in [1.807, 2.05) is 0 Å². The van der Waals surface area contributed by atoms with E-state index in [9.17, 15) is 18.4 Å². The van der Waals surface area contributed by atoms with E-state index in [1.54, 1.807) is 38.4 Å². The fraction of sp³-hybridized carbons (Fsp3) is 0.222. The zero-order valence-corrected chi connectivity index (χ0v) is 14.6. The molecule has 0 aromatic heterocycles. The molecule has 138 valence electrons. The van der Waals surface area contributed by atoms with Crippen molar-refractivity contribution in [1.29, 1.82) is 0 Å². The van der Waals surface area contributed by atoms with E-state index >= 15 is 0 Å². The largest absolute Gasteiger partial charge is 0.491 e. The molecule has 0 radical (unpaired) electrons. The Morgan fingerprint density at radius 1 is 1.04 bits per heavy atom. The molecule has 0 spiro atoms. The molecule has 0 aliphatic carbocycles. The zero-order chi connectivity index (χ0) is 19.3. The molecule has 6 nitrogen and oxygen atoms in total. The van der Waals surface area contributed by atoms with Gasteiger partial charge in [-0.05, 0) is 24.3 Å². The number of carbonyl (C=O) groups excluding carboxylic acids is 2. The predicted molar refractivity (Wildman–Crippen MR) is 94.5 cm³/mol. The van der Waals surface area contributed by atoms with E-state index in [4.69, 9.17) is 0 Å². The van der Waals surface area contributed by atoms with Gasteiger partial charge >= 0.3 is 0 Å². The second-order valence-electron chi connectivity index (χ2n) is 5.65. The summed E-state index contributed by atoms with van der Waals surface area (Å²) < 4.78 is 31.8. The maximum Gasteiger partial charge on any atom is 0.253 e. The molecule has 0 fully saturated rings. The van der Waals surface area contributed by atoms with Crippen molar-refractivity contribution in [1.82, 2.24) is 4.90 Å². The Balaban J connectivity index is 1.94. The van der Waals surface area contributed by atoms with Gasteiger partial charge in [-0.15, -0.1) is 0 Å². The molecule has 8 heteroatoms. The van der Waals surface area contributed by atoms with Crippen LogP contribution in [0, 0.1) is 11.6 Å². The Labute approximate surface area is 149 Å². The van der Waals surface area contributed by atoms with Crippen molar-refractivity contribution < 1.29 is 23.1 Å². The normalized spacial score (nSPS) is 10.2. The standard InChI is InChI=1S/C18H19F2N3O3/c1-23(2)18(25)11-4-6-12(7-5-11)22-16(24)10-21-13-8-14(19)17(26-3)15(20)9-13/h4-9,21H,10H2,1-3H3,(H,22,24). The van der Waals surface area contributed by atoms with Gasteiger partial charge in [0.2, 0.25) is 5.91 Å². The average molecular weight is 363 g/mol. The van der Waals surface area contributed by atoms with Crippen molar-refractivity contribution in [2.24, 2.45) is 0 Å². The maximum atomic E-state index is 13.6. The molecule has 0 unspecified atom stereocenters. The van der Waals surface area contributed by atoms with Gasteiger partial charge in [-0.3, -0.25) is 9.59 Å². The third kappa shape index (κ3) is 4.69. The molecule has 2 rings (SSSR count). The highest BCUT2D eigenvalue weighted by Crippen LogP contribution is 2.25. The van der Waals surface area contributed by atoms with Crippen LogP contribution < -0.4 is 15.4 Å². The lowest BCUT2D eigenvalue weighted by molar-refractivity contribution is -0.114. The molecular weight excluding hydrogens is 344 g/mol. The first-order chi connectivity index (χ1) is 12.3. The maximum absolute atomic E-state index is 13.6. The van der Waals surface area contributed by atoms with Crippen LogP contribution in [-0.4, -0.2) is 44.5 Å². The summed E-state index contributed by atoms with van der Waals surface area (Å²) in [7, 11) is 4.46. The molecule has 0 aliphatic rings. The molecule has 0 atom stereocenters. The topological polar surface area (TPSA) is 70.7 Å². The lowest BCUT2D eigenvalue weighted by Gasteiger charge is -2.12. The molecular formula is C18H19F2N3O3. The van der Waals surface area contributed by atoms with Crippen LogP contribution in [0.25, 0.3) is 0 Å². The monoisotopic (exact) mass is 363 g/mol. The summed E-state index contributed by atoms with van der Waals surface area (Å²) in [6.07, 6.45) is 0. The Kier molecular flexibility index (Phi) is 6.11.